The number of hydrogen-bond donors (Lipinski definition) is 1. The highest BCUT2D eigenvalue weighted by molar-refractivity contribution is 8.00. The van der Waals surface area contributed by atoms with Crippen LogP contribution < -0.4 is 10.2 Å². The maximum absolute atomic E-state index is 13.3. The van der Waals surface area contributed by atoms with Gasteiger partial charge < -0.3 is 14.4 Å². The number of nitriles is 1. The number of aromatic nitrogens is 2. The molecule has 11 nitrogen and oxygen atoms in total. The van der Waals surface area contributed by atoms with E-state index in [2.05, 4.69) is 21.4 Å². The molecular weight excluding hydrogens is 508 g/mol. The third-order valence-electron chi connectivity index (χ3n) is 6.64. The van der Waals surface area contributed by atoms with Gasteiger partial charge >= 0.3 is 6.03 Å². The number of thioether (sulfide) groups is 1. The molecule has 0 radical (unpaired) electrons. The van der Waals surface area contributed by atoms with Gasteiger partial charge in [0.05, 0.1) is 25.4 Å². The number of hydrogen-bond acceptors (Lipinski definition) is 10. The molecule has 38 heavy (non-hydrogen) atoms. The molecule has 0 unspecified atom stereocenters. The third kappa shape index (κ3) is 5.56. The number of fused-ring (bicyclic) bond motifs is 1. The molecule has 5 heterocycles. The highest BCUT2D eigenvalue weighted by Crippen LogP contribution is 2.33. The fourth-order valence-corrected chi connectivity index (χ4v) is 5.82. The molecule has 5 rings (SSSR count). The van der Waals surface area contributed by atoms with Gasteiger partial charge in [-0.2, -0.15) is 5.26 Å². The Hall–Kier alpha value is -3.75. The number of rotatable bonds is 6. The van der Waals surface area contributed by atoms with E-state index >= 15 is 0 Å². The number of aryl methyl sites for hydroxylation is 1. The molecule has 1 atom stereocenters. The first-order valence-corrected chi connectivity index (χ1v) is 13.2. The topological polar surface area (TPSA) is 138 Å². The molecule has 2 aromatic heterocycles. The van der Waals surface area contributed by atoms with Crippen LogP contribution in [0.5, 0.6) is 0 Å². The van der Waals surface area contributed by atoms with Crippen molar-refractivity contribution in [3.8, 4) is 6.07 Å². The molecule has 0 saturated carbocycles. The summed E-state index contributed by atoms with van der Waals surface area (Å²) in [5.74, 6) is 2.68. The largest absolute Gasteiger partial charge is 0.380 e. The maximum atomic E-state index is 13.3. The lowest BCUT2D eigenvalue weighted by atomic mass is 10.0. The molecule has 1 N–H and O–H groups in total. The number of carbonyl (C=O) groups excluding carboxylic acids is 3. The van der Waals surface area contributed by atoms with Crippen molar-refractivity contribution in [1.82, 2.24) is 14.9 Å². The summed E-state index contributed by atoms with van der Waals surface area (Å²) in [7, 11) is 0. The second-order valence-electron chi connectivity index (χ2n) is 9.12. The second kappa shape index (κ2) is 11.8. The Balaban J connectivity index is 1.36. The zero-order chi connectivity index (χ0) is 26.5. The molecule has 3 aliphatic heterocycles. The molecule has 2 saturated heterocycles. The van der Waals surface area contributed by atoms with Gasteiger partial charge in [0, 0.05) is 48.1 Å². The molecular formula is C26H26N6O5S. The molecule has 2 amide bonds. The molecule has 12 heteroatoms. The number of amides is 2. The van der Waals surface area contributed by atoms with Crippen LogP contribution in [0.4, 0.5) is 16.4 Å². The van der Waals surface area contributed by atoms with Crippen LogP contribution >= 0.6 is 11.8 Å². The zero-order valence-corrected chi connectivity index (χ0v) is 21.5. The van der Waals surface area contributed by atoms with Gasteiger partial charge in [0.1, 0.15) is 35.0 Å². The Bertz CT molecular complexity index is 1330. The average Bonchev–Trinajstić information content (AvgIpc) is 3.46. The minimum atomic E-state index is -0.417. The van der Waals surface area contributed by atoms with Gasteiger partial charge in [-0.05, 0) is 37.0 Å². The van der Waals surface area contributed by atoms with Crippen LogP contribution in [0.2, 0.25) is 0 Å². The lowest BCUT2D eigenvalue weighted by Crippen LogP contribution is -2.40. The molecule has 0 bridgehead atoms. The van der Waals surface area contributed by atoms with Gasteiger partial charge in [-0.25, -0.2) is 19.6 Å². The lowest BCUT2D eigenvalue weighted by molar-refractivity contribution is 0.0718. The standard InChI is InChI=1S/C26H26N6O5S/c27-10-19-11-28-24(9-23(19)38-21-3-6-36-16-21)30-26(35)32-4-1-2-17-8-18(22(14-34)29-25(17)32)12-31-5-7-37-15-20(31)13-33/h8-9,11,14,21H,1-7,12,15-16H2,(H,28,30,35)/t21-/m0/s1. The fourth-order valence-electron chi connectivity index (χ4n) is 4.68. The molecule has 0 aliphatic carbocycles. The third-order valence-corrected chi connectivity index (χ3v) is 7.94. The number of nitrogens with one attached hydrogen (secondary N) is 1. The summed E-state index contributed by atoms with van der Waals surface area (Å²) in [6.45, 7) is 3.26. The monoisotopic (exact) mass is 534 g/mol. The molecule has 2 aromatic rings. The molecule has 2 fully saturated rings. The number of aldehydes is 1. The van der Waals surface area contributed by atoms with Gasteiger partial charge in [0.15, 0.2) is 6.29 Å². The zero-order valence-electron chi connectivity index (χ0n) is 20.6. The molecule has 196 valence electrons. The van der Waals surface area contributed by atoms with Crippen molar-refractivity contribution >= 4 is 41.7 Å². The Morgan fingerprint density at radius 2 is 2.18 bits per heavy atom. The molecule has 0 spiro atoms. The minimum Gasteiger partial charge on any atom is -0.380 e. The van der Waals surface area contributed by atoms with E-state index in [4.69, 9.17) is 9.47 Å². The normalized spacial score (nSPS) is 18.9. The van der Waals surface area contributed by atoms with E-state index in [0.29, 0.717) is 80.6 Å². The van der Waals surface area contributed by atoms with Crippen molar-refractivity contribution in [3.63, 3.8) is 0 Å². The average molecular weight is 535 g/mol. The van der Waals surface area contributed by atoms with Crippen LogP contribution in [0.1, 0.15) is 40.0 Å². The van der Waals surface area contributed by atoms with E-state index < -0.39 is 6.03 Å². The van der Waals surface area contributed by atoms with Gasteiger partial charge in [-0.1, -0.05) is 0 Å². The lowest BCUT2D eigenvalue weighted by Gasteiger charge is -2.31. The minimum absolute atomic E-state index is 0.185. The number of pyridine rings is 2. The number of ether oxygens (including phenoxy) is 2. The highest BCUT2D eigenvalue weighted by atomic mass is 32.2. The van der Waals surface area contributed by atoms with E-state index in [1.54, 1.807) is 17.8 Å². The van der Waals surface area contributed by atoms with E-state index in [1.807, 2.05) is 16.9 Å². The van der Waals surface area contributed by atoms with Crippen molar-refractivity contribution in [2.45, 2.75) is 36.0 Å². The van der Waals surface area contributed by atoms with Gasteiger partial charge in [0.2, 0.25) is 0 Å². The predicted molar refractivity (Wildman–Crippen MR) is 139 cm³/mol. The van der Waals surface area contributed by atoms with Crippen LogP contribution in [0.25, 0.3) is 0 Å². The van der Waals surface area contributed by atoms with E-state index in [-0.39, 0.29) is 17.6 Å². The summed E-state index contributed by atoms with van der Waals surface area (Å²) in [5.41, 5.74) is 2.60. The Kier molecular flexibility index (Phi) is 8.00. The van der Waals surface area contributed by atoms with E-state index in [9.17, 15) is 19.6 Å². The van der Waals surface area contributed by atoms with Gasteiger partial charge in [0.25, 0.3) is 0 Å². The van der Waals surface area contributed by atoms with E-state index in [1.165, 1.54) is 11.1 Å². The summed E-state index contributed by atoms with van der Waals surface area (Å²) < 4.78 is 10.8. The summed E-state index contributed by atoms with van der Waals surface area (Å²) in [6, 6.07) is 5.34. The van der Waals surface area contributed by atoms with Gasteiger partial charge in [-0.3, -0.25) is 15.0 Å². The first kappa shape index (κ1) is 25.9. The first-order chi connectivity index (χ1) is 18.6. The van der Waals surface area contributed by atoms with Crippen LogP contribution in [-0.2, 0) is 27.2 Å². The van der Waals surface area contributed by atoms with Crippen LogP contribution in [0, 0.1) is 11.3 Å². The second-order valence-corrected chi connectivity index (χ2v) is 10.5. The number of carbonyl (C=O) groups is 2. The summed E-state index contributed by atoms with van der Waals surface area (Å²) in [6.07, 6.45) is 4.46. The fraction of sp³-hybridized carbons (Fsp3) is 0.423. The summed E-state index contributed by atoms with van der Waals surface area (Å²) >= 11 is 1.55. The van der Waals surface area contributed by atoms with Crippen molar-refractivity contribution in [2.24, 2.45) is 0 Å². The summed E-state index contributed by atoms with van der Waals surface area (Å²) in [5, 5.41) is 12.6. The molecule has 0 aromatic carbocycles. The van der Waals surface area contributed by atoms with Crippen LogP contribution in [-0.4, -0.2) is 77.9 Å². The maximum Gasteiger partial charge on any atom is 0.328 e. The van der Waals surface area contributed by atoms with E-state index in [0.717, 1.165) is 23.3 Å². The summed E-state index contributed by atoms with van der Waals surface area (Å²) in [4.78, 5) is 49.5. The van der Waals surface area contributed by atoms with Crippen molar-refractivity contribution in [2.75, 3.05) is 49.7 Å². The Morgan fingerprint density at radius 1 is 1.29 bits per heavy atom. The smallest absolute Gasteiger partial charge is 0.328 e. The Labute approximate surface area is 223 Å². The Morgan fingerprint density at radius 3 is 2.95 bits per heavy atom. The molecule has 3 aliphatic rings. The number of nitrogens with zero attached hydrogens (tertiary/aromatic N) is 5. The predicted octanol–water partition coefficient (Wildman–Crippen LogP) is 2.57. The SMILES string of the molecule is N#Cc1cnc(NC(=O)N2CCCc3cc(CN4CCOCC4=C=O)c(C=O)nc32)cc1S[C@H]1CCOC1. The van der Waals surface area contributed by atoms with Crippen molar-refractivity contribution in [1.29, 1.82) is 5.26 Å². The van der Waals surface area contributed by atoms with Crippen molar-refractivity contribution in [3.05, 3.63) is 46.4 Å². The van der Waals surface area contributed by atoms with Crippen molar-refractivity contribution < 1.29 is 23.9 Å². The number of morpholine rings is 1. The quantitative estimate of drug-likeness (QED) is 0.435. The van der Waals surface area contributed by atoms with Gasteiger partial charge in [-0.15, -0.1) is 11.8 Å². The number of anilines is 2. The highest BCUT2D eigenvalue weighted by Gasteiger charge is 2.28. The first-order valence-electron chi connectivity index (χ1n) is 12.4. The van der Waals surface area contributed by atoms with Crippen LogP contribution in [0.15, 0.2) is 28.9 Å². The van der Waals surface area contributed by atoms with Crippen LogP contribution in [0.3, 0.4) is 0 Å². The number of urea groups is 1.